The number of anilines is 1. The second-order valence-electron chi connectivity index (χ2n) is 8.25. The smallest absolute Gasteiger partial charge is 0.157 e. The molecule has 0 aliphatic heterocycles. The van der Waals surface area contributed by atoms with Gasteiger partial charge in [-0.2, -0.15) is 9.61 Å². The van der Waals surface area contributed by atoms with Gasteiger partial charge in [-0.1, -0.05) is 12.8 Å². The van der Waals surface area contributed by atoms with E-state index in [4.69, 9.17) is 10.7 Å². The van der Waals surface area contributed by atoms with Crippen LogP contribution >= 0.6 is 24.8 Å². The van der Waals surface area contributed by atoms with Crippen molar-refractivity contribution in [2.45, 2.75) is 68.9 Å². The van der Waals surface area contributed by atoms with Crippen LogP contribution in [0.1, 0.15) is 56.2 Å². The first-order chi connectivity index (χ1) is 12.2. The number of aliphatic hydroxyl groups excluding tert-OH is 1. The van der Waals surface area contributed by atoms with E-state index in [0.717, 1.165) is 50.0 Å². The Morgan fingerprint density at radius 3 is 2.70 bits per heavy atom. The third kappa shape index (κ3) is 3.11. The summed E-state index contributed by atoms with van der Waals surface area (Å²) in [5.74, 6) is 1.38. The van der Waals surface area contributed by atoms with Crippen LogP contribution in [0.15, 0.2) is 12.3 Å². The summed E-state index contributed by atoms with van der Waals surface area (Å²) in [6.45, 7) is 0.242. The molecule has 1 spiro atoms. The maximum Gasteiger partial charge on any atom is 0.157 e. The Morgan fingerprint density at radius 2 is 2.04 bits per heavy atom. The number of nitrogens with one attached hydrogen (secondary N) is 1. The number of hydrogen-bond acceptors (Lipinski definition) is 5. The van der Waals surface area contributed by atoms with Crippen LogP contribution < -0.4 is 11.1 Å². The fourth-order valence-electron chi connectivity index (χ4n) is 5.60. The molecule has 2 fully saturated rings. The highest BCUT2D eigenvalue weighted by Gasteiger charge is 2.50. The fourth-order valence-corrected chi connectivity index (χ4v) is 5.60. The largest absolute Gasteiger partial charge is 0.396 e. The first-order valence-electron chi connectivity index (χ1n) is 9.71. The Hall–Kier alpha value is -1.08. The van der Waals surface area contributed by atoms with Gasteiger partial charge in [0.1, 0.15) is 5.82 Å². The van der Waals surface area contributed by atoms with Crippen molar-refractivity contribution in [2.75, 3.05) is 11.9 Å². The van der Waals surface area contributed by atoms with Gasteiger partial charge >= 0.3 is 0 Å². The topological polar surface area (TPSA) is 88.5 Å². The van der Waals surface area contributed by atoms with Gasteiger partial charge in [0, 0.05) is 35.7 Å². The van der Waals surface area contributed by atoms with Crippen LogP contribution in [-0.4, -0.2) is 38.4 Å². The number of rotatable bonds is 3. The Morgan fingerprint density at radius 1 is 1.26 bits per heavy atom. The number of fused-ring (bicyclic) bond motifs is 3. The van der Waals surface area contributed by atoms with Gasteiger partial charge in [0.15, 0.2) is 5.65 Å². The Labute approximate surface area is 172 Å². The van der Waals surface area contributed by atoms with E-state index in [1.54, 1.807) is 0 Å². The minimum absolute atomic E-state index is 0. The summed E-state index contributed by atoms with van der Waals surface area (Å²) in [5, 5.41) is 18.3. The minimum atomic E-state index is 0. The number of aromatic nitrogens is 3. The number of nitrogens with two attached hydrogens (primary N) is 1. The lowest BCUT2D eigenvalue weighted by Gasteiger charge is -2.30. The molecule has 2 aromatic heterocycles. The molecule has 0 bridgehead atoms. The van der Waals surface area contributed by atoms with Crippen molar-refractivity contribution in [1.29, 1.82) is 0 Å². The van der Waals surface area contributed by atoms with E-state index < -0.39 is 0 Å². The first-order valence-corrected chi connectivity index (χ1v) is 9.71. The lowest BCUT2D eigenvalue weighted by atomic mass is 9.76. The van der Waals surface area contributed by atoms with Gasteiger partial charge in [-0.3, -0.25) is 0 Å². The molecule has 2 heterocycles. The molecule has 3 aliphatic rings. The maximum atomic E-state index is 10.1. The van der Waals surface area contributed by atoms with Crippen LogP contribution in [-0.2, 0) is 11.8 Å². The van der Waals surface area contributed by atoms with Crippen LogP contribution in [0.25, 0.3) is 5.65 Å². The summed E-state index contributed by atoms with van der Waals surface area (Å²) in [7, 11) is 0. The third-order valence-corrected chi connectivity index (χ3v) is 6.87. The van der Waals surface area contributed by atoms with Crippen molar-refractivity contribution >= 4 is 36.3 Å². The monoisotopic (exact) mass is 413 g/mol. The van der Waals surface area contributed by atoms with Crippen LogP contribution in [0.2, 0.25) is 0 Å². The number of aliphatic hydroxyl groups is 1. The van der Waals surface area contributed by atoms with E-state index >= 15 is 0 Å². The highest BCUT2D eigenvalue weighted by molar-refractivity contribution is 5.85. The van der Waals surface area contributed by atoms with Gasteiger partial charge in [-0.25, -0.2) is 4.98 Å². The van der Waals surface area contributed by atoms with Crippen molar-refractivity contribution in [3.8, 4) is 0 Å². The Kier molecular flexibility index (Phi) is 5.92. The van der Waals surface area contributed by atoms with E-state index in [-0.39, 0.29) is 42.8 Å². The summed E-state index contributed by atoms with van der Waals surface area (Å²) >= 11 is 0. The minimum Gasteiger partial charge on any atom is -0.396 e. The zero-order chi connectivity index (χ0) is 17.0. The molecule has 0 amide bonds. The van der Waals surface area contributed by atoms with Gasteiger partial charge in [0.05, 0.1) is 11.9 Å². The zero-order valence-corrected chi connectivity index (χ0v) is 17.1. The predicted molar refractivity (Wildman–Crippen MR) is 111 cm³/mol. The van der Waals surface area contributed by atoms with Crippen LogP contribution in [0.4, 0.5) is 5.82 Å². The molecule has 0 saturated heterocycles. The molecule has 27 heavy (non-hydrogen) atoms. The number of halogens is 2. The second kappa shape index (κ2) is 7.74. The molecule has 2 saturated carbocycles. The lowest BCUT2D eigenvalue weighted by Crippen LogP contribution is -2.31. The SMILES string of the molecule is Cl.Cl.N[C@H]1CC[C@H](Nc2c3c(nc4ccnn24)C2(CCCC2)C(CO)C3)C1. The molecule has 3 atom stereocenters. The molecule has 0 radical (unpaired) electrons. The first kappa shape index (κ1) is 20.6. The molecular weight excluding hydrogens is 385 g/mol. The average molecular weight is 414 g/mol. The Bertz CT molecular complexity index is 805. The van der Waals surface area contributed by atoms with E-state index in [1.165, 1.54) is 24.1 Å². The molecule has 2 aromatic rings. The van der Waals surface area contributed by atoms with Crippen molar-refractivity contribution in [2.24, 2.45) is 11.7 Å². The molecular formula is C19H29Cl2N5O. The Balaban J connectivity index is 0.00000105. The normalized spacial score (nSPS) is 28.1. The van der Waals surface area contributed by atoms with E-state index in [2.05, 4.69) is 10.4 Å². The summed E-state index contributed by atoms with van der Waals surface area (Å²) < 4.78 is 1.95. The van der Waals surface area contributed by atoms with E-state index in [1.807, 2.05) is 16.8 Å². The van der Waals surface area contributed by atoms with Crippen molar-refractivity contribution in [3.63, 3.8) is 0 Å². The van der Waals surface area contributed by atoms with Crippen molar-refractivity contribution in [1.82, 2.24) is 14.6 Å². The van der Waals surface area contributed by atoms with Gasteiger partial charge in [-0.15, -0.1) is 24.8 Å². The molecule has 150 valence electrons. The molecule has 0 aromatic carbocycles. The van der Waals surface area contributed by atoms with Gasteiger partial charge in [0.25, 0.3) is 0 Å². The molecule has 8 heteroatoms. The number of hydrogen-bond donors (Lipinski definition) is 3. The summed E-state index contributed by atoms with van der Waals surface area (Å²) in [6, 6.07) is 2.69. The fraction of sp³-hybridized carbons (Fsp3) is 0.684. The van der Waals surface area contributed by atoms with Crippen molar-refractivity contribution < 1.29 is 5.11 Å². The molecule has 1 unspecified atom stereocenters. The molecule has 3 aliphatic carbocycles. The summed E-state index contributed by atoms with van der Waals surface area (Å²) in [4.78, 5) is 5.02. The summed E-state index contributed by atoms with van der Waals surface area (Å²) in [6.07, 6.45) is 10.7. The standard InChI is InChI=1S/C19H27N5O.2ClH/c20-13-3-4-14(10-13)22-18-15-9-12(11-25)19(6-1-2-7-19)17(15)23-16-5-8-21-24(16)18;;/h5,8,12-14,22,25H,1-4,6-7,9-11,20H2;2*1H/t12?,13-,14-;;/m0../s1. The van der Waals surface area contributed by atoms with Crippen LogP contribution in [0.3, 0.4) is 0 Å². The van der Waals surface area contributed by atoms with Crippen LogP contribution in [0.5, 0.6) is 0 Å². The maximum absolute atomic E-state index is 10.1. The van der Waals surface area contributed by atoms with Gasteiger partial charge in [0.2, 0.25) is 0 Å². The molecule has 5 rings (SSSR count). The van der Waals surface area contributed by atoms with Gasteiger partial charge < -0.3 is 16.2 Å². The van der Waals surface area contributed by atoms with Crippen molar-refractivity contribution in [3.05, 3.63) is 23.5 Å². The second-order valence-corrected chi connectivity index (χ2v) is 8.25. The zero-order valence-electron chi connectivity index (χ0n) is 15.4. The molecule has 6 nitrogen and oxygen atoms in total. The van der Waals surface area contributed by atoms with E-state index in [9.17, 15) is 5.11 Å². The van der Waals surface area contributed by atoms with Crippen LogP contribution in [0, 0.1) is 5.92 Å². The third-order valence-electron chi connectivity index (χ3n) is 6.87. The lowest BCUT2D eigenvalue weighted by molar-refractivity contribution is 0.162. The average Bonchev–Trinajstić information content (AvgIpc) is 3.37. The predicted octanol–water partition coefficient (Wildman–Crippen LogP) is 2.84. The molecule has 4 N–H and O–H groups in total. The summed E-state index contributed by atoms with van der Waals surface area (Å²) in [5.41, 5.74) is 9.59. The van der Waals surface area contributed by atoms with Gasteiger partial charge in [-0.05, 0) is 44.4 Å². The number of nitrogens with zero attached hydrogens (tertiary/aromatic N) is 3. The highest BCUT2D eigenvalue weighted by Crippen LogP contribution is 2.54. The quantitative estimate of drug-likeness (QED) is 0.719. The highest BCUT2D eigenvalue weighted by atomic mass is 35.5. The van der Waals surface area contributed by atoms with E-state index in [0.29, 0.717) is 12.1 Å².